The molecule has 0 spiro atoms. The quantitative estimate of drug-likeness (QED) is 0.177. The van der Waals surface area contributed by atoms with Crippen molar-refractivity contribution in [2.24, 2.45) is 0 Å². The van der Waals surface area contributed by atoms with Gasteiger partial charge in [-0.3, -0.25) is 0 Å². The molecule has 7 heteroatoms. The van der Waals surface area contributed by atoms with Crippen molar-refractivity contribution in [1.29, 1.82) is 10.5 Å². The van der Waals surface area contributed by atoms with Crippen molar-refractivity contribution in [2.45, 2.75) is 0 Å². The molecular weight excluding hydrogens is 873 g/mol. The second-order valence-electron chi connectivity index (χ2n) is 15.7. The molecular formula is C56H47BrN4S2. The summed E-state index contributed by atoms with van der Waals surface area (Å²) in [6, 6.07) is 71.0. The molecule has 0 fully saturated rings. The Morgan fingerprint density at radius 2 is 0.857 bits per heavy atom. The molecule has 0 unspecified atom stereocenters. The van der Waals surface area contributed by atoms with E-state index < -0.39 is 0 Å². The first kappa shape index (κ1) is 37.3. The van der Waals surface area contributed by atoms with E-state index in [0.717, 1.165) is 21.2 Å². The van der Waals surface area contributed by atoms with Gasteiger partial charge < -0.3 is 9.13 Å². The fourth-order valence-corrected chi connectivity index (χ4v) is 11.7. The van der Waals surface area contributed by atoms with Crippen LogP contribution in [0.25, 0.3) is 106 Å². The van der Waals surface area contributed by atoms with Gasteiger partial charge in [0, 0.05) is 89.2 Å². The average molecular weight is 920 g/mol. The zero-order chi connectivity index (χ0) is 42.2. The number of hydrogen-bond donors (Lipinski definition) is 0. The molecule has 13 aromatic rings. The van der Waals surface area contributed by atoms with E-state index in [1.165, 1.54) is 89.7 Å². The van der Waals surface area contributed by atoms with Gasteiger partial charge in [0.15, 0.2) is 0 Å². The topological polar surface area (TPSA) is 57.4 Å². The standard InChI is InChI=1S/C43H25N3S.C13H6BrNS.8H2/c44-26-27-14-20-42-36(22-27)37-25-31(17-21-43(37)47-42)46-38-12-6-4-10-32(38)34-18-15-29(24-41(34)46)28-16-19-40-35(23-28)33-11-5-7-13-39(33)45(40)30-8-2-1-3-9-30;14-9-2-4-13-11(6-9)10-5-8(7-15)1-3-12(10)16-13;;;;;;;;/h1-25H;1-6H;8*1H. The fourth-order valence-electron chi connectivity index (χ4n) is 9.23. The van der Waals surface area contributed by atoms with E-state index in [1.54, 1.807) is 22.7 Å². The Labute approximate surface area is 389 Å². The molecule has 63 heavy (non-hydrogen) atoms. The van der Waals surface area contributed by atoms with Crippen molar-refractivity contribution in [3.05, 3.63) is 204 Å². The Bertz CT molecular complexity index is 4120. The van der Waals surface area contributed by atoms with E-state index in [9.17, 15) is 5.26 Å². The zero-order valence-electron chi connectivity index (χ0n) is 33.4. The number of fused-ring (bicyclic) bond motifs is 12. The van der Waals surface area contributed by atoms with Gasteiger partial charge >= 0.3 is 0 Å². The van der Waals surface area contributed by atoms with Gasteiger partial charge in [0.2, 0.25) is 0 Å². The number of rotatable bonds is 3. The number of nitriles is 2. The highest BCUT2D eigenvalue weighted by Crippen LogP contribution is 2.41. The molecule has 0 N–H and O–H groups in total. The largest absolute Gasteiger partial charge is 0.309 e. The first-order valence-corrected chi connectivity index (χ1v) is 23.0. The number of nitrogens with zero attached hydrogens (tertiary/aromatic N) is 4. The van der Waals surface area contributed by atoms with Gasteiger partial charge in [0.1, 0.15) is 0 Å². The Kier molecular flexibility index (Phi) is 8.77. The molecule has 0 radical (unpaired) electrons. The molecule has 0 atom stereocenters. The molecule has 4 heterocycles. The van der Waals surface area contributed by atoms with Crippen molar-refractivity contribution < 1.29 is 11.4 Å². The Hall–Kier alpha value is -7.52. The second-order valence-corrected chi connectivity index (χ2v) is 18.8. The molecule has 310 valence electrons. The highest BCUT2D eigenvalue weighted by Gasteiger charge is 2.17. The summed E-state index contributed by atoms with van der Waals surface area (Å²) in [5, 5.41) is 28.1. The number of benzene rings is 9. The van der Waals surface area contributed by atoms with E-state index in [0.29, 0.717) is 11.1 Å². The predicted octanol–water partition coefficient (Wildman–Crippen LogP) is 18.4. The van der Waals surface area contributed by atoms with Crippen LogP contribution in [0, 0.1) is 22.7 Å². The predicted molar refractivity (Wildman–Crippen MR) is 287 cm³/mol. The summed E-state index contributed by atoms with van der Waals surface area (Å²) < 4.78 is 10.7. The Morgan fingerprint density at radius 3 is 1.52 bits per heavy atom. The van der Waals surface area contributed by atoms with Crippen LogP contribution in [-0.2, 0) is 0 Å². The van der Waals surface area contributed by atoms with Crippen LogP contribution in [0.1, 0.15) is 22.5 Å². The molecule has 13 rings (SSSR count). The third-order valence-corrected chi connectivity index (χ3v) is 14.9. The monoisotopic (exact) mass is 918 g/mol. The summed E-state index contributed by atoms with van der Waals surface area (Å²) in [6.45, 7) is 0. The maximum Gasteiger partial charge on any atom is 0.0991 e. The number of thiophene rings is 2. The van der Waals surface area contributed by atoms with Gasteiger partial charge in [0.05, 0.1) is 45.3 Å². The van der Waals surface area contributed by atoms with Crippen molar-refractivity contribution in [3.8, 4) is 34.6 Å². The highest BCUT2D eigenvalue weighted by atomic mass is 79.9. The first-order valence-electron chi connectivity index (χ1n) is 20.5. The molecule has 0 saturated carbocycles. The lowest BCUT2D eigenvalue weighted by molar-refractivity contribution is 1.18. The Morgan fingerprint density at radius 1 is 0.365 bits per heavy atom. The smallest absolute Gasteiger partial charge is 0.0991 e. The van der Waals surface area contributed by atoms with E-state index >= 15 is 0 Å². The summed E-state index contributed by atoms with van der Waals surface area (Å²) in [6.07, 6.45) is 0. The third-order valence-electron chi connectivity index (χ3n) is 12.1. The third kappa shape index (κ3) is 6.13. The van der Waals surface area contributed by atoms with Crippen LogP contribution in [-0.4, -0.2) is 9.13 Å². The average Bonchev–Trinajstić information content (AvgIpc) is 4.08. The highest BCUT2D eigenvalue weighted by molar-refractivity contribution is 9.10. The SMILES string of the molecule is N#Cc1ccc2sc3ccc(-n4c5ccccc5c5ccc(-c6ccc7c(c6)c6ccccc6n7-c6ccccc6)cc54)cc3c2c1.N#Cc1ccc2sc3ccc(Br)cc3c2c1.[HH].[HH].[HH].[HH].[HH].[HH].[HH].[HH]. The summed E-state index contributed by atoms with van der Waals surface area (Å²) in [4.78, 5) is 0. The number of halogens is 1. The van der Waals surface area contributed by atoms with E-state index in [4.69, 9.17) is 5.26 Å². The summed E-state index contributed by atoms with van der Waals surface area (Å²) in [5.74, 6) is 0. The lowest BCUT2D eigenvalue weighted by Crippen LogP contribution is -1.94. The molecule has 0 aliphatic heterocycles. The minimum Gasteiger partial charge on any atom is -0.309 e. The van der Waals surface area contributed by atoms with Crippen molar-refractivity contribution >= 4 is 123 Å². The Balaban J connectivity index is 0.000000394. The van der Waals surface area contributed by atoms with Crippen LogP contribution in [0.4, 0.5) is 0 Å². The van der Waals surface area contributed by atoms with Crippen molar-refractivity contribution in [1.82, 2.24) is 9.13 Å². The maximum absolute atomic E-state index is 9.58. The summed E-state index contributed by atoms with van der Waals surface area (Å²) in [5.41, 5.74) is 10.8. The zero-order valence-corrected chi connectivity index (χ0v) is 36.6. The first-order chi connectivity index (χ1) is 31.0. The molecule has 0 amide bonds. The normalized spacial score (nSPS) is 11.5. The van der Waals surface area contributed by atoms with Crippen LogP contribution in [0.15, 0.2) is 193 Å². The summed E-state index contributed by atoms with van der Waals surface area (Å²) in [7, 11) is 0. The minimum absolute atomic E-state index is 0. The number of aromatic nitrogens is 2. The van der Waals surface area contributed by atoms with Crippen LogP contribution in [0.2, 0.25) is 0 Å². The van der Waals surface area contributed by atoms with Crippen molar-refractivity contribution in [2.75, 3.05) is 0 Å². The molecule has 4 nitrogen and oxygen atoms in total. The molecule has 9 aromatic carbocycles. The van der Waals surface area contributed by atoms with Crippen molar-refractivity contribution in [3.63, 3.8) is 0 Å². The van der Waals surface area contributed by atoms with Crippen LogP contribution >= 0.6 is 38.6 Å². The van der Waals surface area contributed by atoms with Gasteiger partial charge in [0.25, 0.3) is 0 Å². The molecule has 0 saturated heterocycles. The molecule has 4 aromatic heterocycles. The van der Waals surface area contributed by atoms with Gasteiger partial charge in [-0.15, -0.1) is 22.7 Å². The van der Waals surface area contributed by atoms with E-state index in [1.807, 2.05) is 36.4 Å². The maximum atomic E-state index is 9.58. The minimum atomic E-state index is 0. The number of hydrogen-bond acceptors (Lipinski definition) is 4. The number of para-hydroxylation sites is 3. The summed E-state index contributed by atoms with van der Waals surface area (Å²) >= 11 is 7.01. The van der Waals surface area contributed by atoms with Gasteiger partial charge in [-0.25, -0.2) is 0 Å². The lowest BCUT2D eigenvalue weighted by atomic mass is 10.0. The van der Waals surface area contributed by atoms with Crippen LogP contribution < -0.4 is 0 Å². The second kappa shape index (κ2) is 14.8. The van der Waals surface area contributed by atoms with Gasteiger partial charge in [-0.1, -0.05) is 88.7 Å². The molecule has 0 aliphatic rings. The van der Waals surface area contributed by atoms with Crippen LogP contribution in [0.3, 0.4) is 0 Å². The van der Waals surface area contributed by atoms with Crippen LogP contribution in [0.5, 0.6) is 0 Å². The molecule has 0 aliphatic carbocycles. The fraction of sp³-hybridized carbons (Fsp3) is 0. The lowest BCUT2D eigenvalue weighted by Gasteiger charge is -2.10. The molecule has 0 bridgehead atoms. The van der Waals surface area contributed by atoms with E-state index in [2.05, 4.69) is 189 Å². The van der Waals surface area contributed by atoms with Gasteiger partial charge in [-0.2, -0.15) is 10.5 Å². The van der Waals surface area contributed by atoms with E-state index in [-0.39, 0.29) is 11.4 Å². The van der Waals surface area contributed by atoms with Gasteiger partial charge in [-0.05, 0) is 126 Å².